The lowest BCUT2D eigenvalue weighted by atomic mass is 11.2. The predicted octanol–water partition coefficient (Wildman–Crippen LogP) is 1.36. The summed E-state index contributed by atoms with van der Waals surface area (Å²) in [5.41, 5.74) is 0. The zero-order valence-electron chi connectivity index (χ0n) is 3.11. The molecule has 0 aromatic heterocycles. The molecule has 0 aliphatic rings. The van der Waals surface area contributed by atoms with Gasteiger partial charge in [-0.25, -0.2) is 0 Å². The van der Waals surface area contributed by atoms with Gasteiger partial charge in [0.15, 0.2) is 0 Å². The molecule has 0 aromatic carbocycles. The Morgan fingerprint density at radius 1 is 1.40 bits per heavy atom. The van der Waals surface area contributed by atoms with Crippen LogP contribution < -0.4 is 0 Å². The summed E-state index contributed by atoms with van der Waals surface area (Å²) in [6, 6.07) is 0. The molecule has 0 fully saturated rings. The fraction of sp³-hybridized carbons (Fsp3) is 0. The number of rotatable bonds is 0. The average molecular weight is 71.1 g/mol. The van der Waals surface area contributed by atoms with Crippen molar-refractivity contribution in [2.75, 3.05) is 0 Å². The zero-order chi connectivity index (χ0) is 4.71. The van der Waals surface area contributed by atoms with Crippen LogP contribution in [0.4, 0.5) is 0 Å². The Bertz CT molecular complexity index is 17.6. The van der Waals surface area contributed by atoms with E-state index < -0.39 is 0 Å². The fourth-order valence-electron chi connectivity index (χ4n) is 0. The third kappa shape index (κ3) is 10.4. The molecule has 0 atom stereocenters. The van der Waals surface area contributed by atoms with Crippen LogP contribution in [-0.4, -0.2) is 0 Å². The second kappa shape index (κ2) is 217. The molecule has 0 rings (SSSR count). The van der Waals surface area contributed by atoms with Gasteiger partial charge in [-0.3, -0.25) is 5.11 Å². The van der Waals surface area contributed by atoms with Crippen LogP contribution in [0.2, 0.25) is 0 Å². The van der Waals surface area contributed by atoms with Crippen LogP contribution in [0.3, 0.4) is 0 Å². The maximum Gasteiger partial charge on any atom is 0.135 e. The van der Waals surface area contributed by atoms with Crippen LogP contribution in [-0.2, 0) is 5.11 Å². The number of hydrogen-bond donors (Lipinski definition) is 0. The topological polar surface area (TPSA) is 19.9 Å². The fourth-order valence-corrected chi connectivity index (χ4v) is 0. The van der Waals surface area contributed by atoms with E-state index in [0.29, 0.717) is 6.26 Å². The Morgan fingerprint density at radius 3 is 1.40 bits per heavy atom. The van der Waals surface area contributed by atoms with Crippen molar-refractivity contribution in [3.63, 3.8) is 0 Å². The molecule has 5 heavy (non-hydrogen) atoms. The van der Waals surface area contributed by atoms with Crippen molar-refractivity contribution in [1.29, 1.82) is 0 Å². The summed E-state index contributed by atoms with van der Waals surface area (Å²) in [6.07, 6.45) is 0.500. The standard InChI is InChI=1S/C2H3O.C2H4/c1-2-3;1-2/h2H,1H2;1-2H2. The summed E-state index contributed by atoms with van der Waals surface area (Å²) in [7, 11) is 0. The number of hydrogen-bond acceptors (Lipinski definition) is 0. The molecule has 0 amide bonds. The van der Waals surface area contributed by atoms with Crippen molar-refractivity contribution in [2.45, 2.75) is 0 Å². The quantitative estimate of drug-likeness (QED) is 0.303. The van der Waals surface area contributed by atoms with E-state index in [1.807, 2.05) is 0 Å². The molecule has 0 N–H and O–H groups in total. The lowest BCUT2D eigenvalue weighted by Crippen LogP contribution is -1.17. The Kier molecular flexibility index (Phi) is 385. The first-order valence-electron chi connectivity index (χ1n) is 1.14. The first-order valence-corrected chi connectivity index (χ1v) is 1.14. The second-order valence-electron chi connectivity index (χ2n) is 0.167. The van der Waals surface area contributed by atoms with E-state index in [2.05, 4.69) is 19.7 Å². The van der Waals surface area contributed by atoms with Crippen LogP contribution >= 0.6 is 0 Å². The van der Waals surface area contributed by atoms with Gasteiger partial charge in [0, 0.05) is 0 Å². The van der Waals surface area contributed by atoms with Crippen LogP contribution in [0.15, 0.2) is 26.0 Å². The van der Waals surface area contributed by atoms with Gasteiger partial charge in [-0.15, -0.1) is 13.2 Å². The van der Waals surface area contributed by atoms with Gasteiger partial charge in [-0.1, -0.05) is 6.58 Å². The lowest BCUT2D eigenvalue weighted by molar-refractivity contribution is 0.353. The summed E-state index contributed by atoms with van der Waals surface area (Å²) >= 11 is 0. The highest BCUT2D eigenvalue weighted by Gasteiger charge is 1.20. The molecular weight excluding hydrogens is 64.0 g/mol. The molecular formula is C4H7O. The van der Waals surface area contributed by atoms with Crippen molar-refractivity contribution in [1.82, 2.24) is 0 Å². The molecule has 1 heteroatoms. The van der Waals surface area contributed by atoms with Crippen molar-refractivity contribution in [3.05, 3.63) is 26.0 Å². The maximum atomic E-state index is 8.69. The predicted molar refractivity (Wildman–Crippen MR) is 22.1 cm³/mol. The van der Waals surface area contributed by atoms with E-state index in [1.54, 1.807) is 0 Å². The normalized spacial score (nSPS) is 3.20. The van der Waals surface area contributed by atoms with E-state index in [9.17, 15) is 0 Å². The molecule has 29 valence electrons. The van der Waals surface area contributed by atoms with Crippen LogP contribution in [0.5, 0.6) is 0 Å². The summed E-state index contributed by atoms with van der Waals surface area (Å²) in [4.78, 5) is 0. The first-order chi connectivity index (χ1) is 2.41. The molecule has 0 unspecified atom stereocenters. The van der Waals surface area contributed by atoms with Gasteiger partial charge in [-0.05, 0) is 0 Å². The molecule has 1 radical (unpaired) electrons. The van der Waals surface area contributed by atoms with Crippen molar-refractivity contribution in [3.8, 4) is 0 Å². The van der Waals surface area contributed by atoms with Crippen molar-refractivity contribution < 1.29 is 5.11 Å². The monoisotopic (exact) mass is 71.0 g/mol. The average Bonchev–Trinajstić information content (AvgIpc) is 1.46. The van der Waals surface area contributed by atoms with E-state index in [4.69, 9.17) is 5.11 Å². The van der Waals surface area contributed by atoms with Crippen molar-refractivity contribution >= 4 is 0 Å². The Hall–Kier alpha value is -0.720. The molecule has 0 bridgehead atoms. The molecule has 0 saturated carbocycles. The largest absolute Gasteiger partial charge is 0.299 e. The van der Waals surface area contributed by atoms with Gasteiger partial charge in [0.1, 0.15) is 6.26 Å². The van der Waals surface area contributed by atoms with Gasteiger partial charge < -0.3 is 0 Å². The smallest absolute Gasteiger partial charge is 0.135 e. The minimum atomic E-state index is 0.500. The Morgan fingerprint density at radius 2 is 1.40 bits per heavy atom. The van der Waals surface area contributed by atoms with E-state index in [-0.39, 0.29) is 0 Å². The van der Waals surface area contributed by atoms with Gasteiger partial charge in [0.25, 0.3) is 0 Å². The van der Waals surface area contributed by atoms with Crippen molar-refractivity contribution in [2.24, 2.45) is 0 Å². The summed E-state index contributed by atoms with van der Waals surface area (Å²) in [6.45, 7) is 8.81. The third-order valence-electron chi connectivity index (χ3n) is 0. The van der Waals surface area contributed by atoms with Crippen LogP contribution in [0, 0.1) is 0 Å². The molecule has 0 aromatic rings. The van der Waals surface area contributed by atoms with E-state index >= 15 is 0 Å². The highest BCUT2D eigenvalue weighted by molar-refractivity contribution is 4.37. The zero-order valence-corrected chi connectivity index (χ0v) is 3.11. The highest BCUT2D eigenvalue weighted by atomic mass is 16.2. The Labute approximate surface area is 32.3 Å². The molecule has 0 aliphatic carbocycles. The third-order valence-corrected chi connectivity index (χ3v) is 0. The molecule has 0 aliphatic heterocycles. The minimum Gasteiger partial charge on any atom is -0.299 e. The summed E-state index contributed by atoms with van der Waals surface area (Å²) < 4.78 is 0. The van der Waals surface area contributed by atoms with Crippen LogP contribution in [0.1, 0.15) is 0 Å². The SMILES string of the molecule is C=C.C=C[O]. The summed E-state index contributed by atoms with van der Waals surface area (Å²) in [5, 5.41) is 8.69. The van der Waals surface area contributed by atoms with E-state index in [1.165, 1.54) is 0 Å². The van der Waals surface area contributed by atoms with Gasteiger partial charge in [0.2, 0.25) is 0 Å². The summed E-state index contributed by atoms with van der Waals surface area (Å²) in [5.74, 6) is 0. The second-order valence-corrected chi connectivity index (χ2v) is 0.167. The highest BCUT2D eigenvalue weighted by Crippen LogP contribution is 1.30. The van der Waals surface area contributed by atoms with Gasteiger partial charge >= 0.3 is 0 Å². The molecule has 1 nitrogen and oxygen atoms in total. The van der Waals surface area contributed by atoms with Crippen LogP contribution in [0.25, 0.3) is 0 Å². The molecule has 0 saturated heterocycles. The maximum absolute atomic E-state index is 8.69. The Balaban J connectivity index is 0. The van der Waals surface area contributed by atoms with Gasteiger partial charge in [-0.2, -0.15) is 0 Å². The first kappa shape index (κ1) is 8.86. The molecule has 0 spiro atoms. The lowest BCUT2D eigenvalue weighted by Gasteiger charge is -1.29. The van der Waals surface area contributed by atoms with E-state index in [0.717, 1.165) is 0 Å². The molecule has 0 heterocycles. The minimum absolute atomic E-state index is 0.500. The van der Waals surface area contributed by atoms with Gasteiger partial charge in [0.05, 0.1) is 0 Å².